The molecule has 3 heteroatoms. The molecule has 1 aromatic carbocycles. The summed E-state index contributed by atoms with van der Waals surface area (Å²) in [6.45, 7) is 4.44. The molecule has 28 heavy (non-hydrogen) atoms. The Kier molecular flexibility index (Phi) is 8.00. The first-order valence-corrected chi connectivity index (χ1v) is 11.3. The molecule has 0 spiro atoms. The first-order valence-electron chi connectivity index (χ1n) is 11.3. The van der Waals surface area contributed by atoms with Crippen LogP contribution in [0.2, 0.25) is 0 Å². The van der Waals surface area contributed by atoms with Crippen molar-refractivity contribution in [2.45, 2.75) is 90.4 Å². The van der Waals surface area contributed by atoms with Crippen LogP contribution in [0.1, 0.15) is 95.1 Å². The summed E-state index contributed by atoms with van der Waals surface area (Å²) in [7, 11) is 0. The Morgan fingerprint density at radius 1 is 0.929 bits per heavy atom. The molecule has 0 N–H and O–H groups in total. The van der Waals surface area contributed by atoms with Crippen molar-refractivity contribution in [1.82, 2.24) is 9.97 Å². The Bertz CT molecular complexity index is 718. The van der Waals surface area contributed by atoms with Crippen molar-refractivity contribution in [2.24, 2.45) is 5.92 Å². The zero-order valence-electron chi connectivity index (χ0n) is 17.6. The Morgan fingerprint density at radius 3 is 2.29 bits per heavy atom. The molecular formula is C25H35FN2. The van der Waals surface area contributed by atoms with Crippen LogP contribution in [0.3, 0.4) is 0 Å². The Morgan fingerprint density at radius 2 is 1.64 bits per heavy atom. The maximum atomic E-state index is 14.4. The highest BCUT2D eigenvalue weighted by Gasteiger charge is 2.22. The minimum absolute atomic E-state index is 0.133. The van der Waals surface area contributed by atoms with Gasteiger partial charge in [0.1, 0.15) is 5.82 Å². The van der Waals surface area contributed by atoms with Crippen LogP contribution >= 0.6 is 0 Å². The quantitative estimate of drug-likeness (QED) is 0.420. The summed E-state index contributed by atoms with van der Waals surface area (Å²) >= 11 is 0. The number of unbranched alkanes of at least 4 members (excludes halogenated alkanes) is 3. The Hall–Kier alpha value is -1.77. The lowest BCUT2D eigenvalue weighted by Gasteiger charge is -2.28. The summed E-state index contributed by atoms with van der Waals surface area (Å²) < 4.78 is 14.4. The molecule has 0 aliphatic heterocycles. The summed E-state index contributed by atoms with van der Waals surface area (Å²) in [6, 6.07) is 5.45. The van der Waals surface area contributed by atoms with Gasteiger partial charge in [0.25, 0.3) is 0 Å². The van der Waals surface area contributed by atoms with Crippen LogP contribution in [-0.4, -0.2) is 9.97 Å². The second-order valence-electron chi connectivity index (χ2n) is 8.46. The third kappa shape index (κ3) is 5.62. The van der Waals surface area contributed by atoms with Gasteiger partial charge in [-0.25, -0.2) is 14.4 Å². The van der Waals surface area contributed by atoms with Crippen LogP contribution in [0, 0.1) is 11.7 Å². The smallest absolute Gasteiger partial charge is 0.159 e. The highest BCUT2D eigenvalue weighted by atomic mass is 19.1. The lowest BCUT2D eigenvalue weighted by atomic mass is 9.78. The van der Waals surface area contributed by atoms with Crippen LogP contribution < -0.4 is 0 Å². The maximum absolute atomic E-state index is 14.4. The molecule has 0 bridgehead atoms. The normalized spacial score (nSPS) is 19.7. The van der Waals surface area contributed by atoms with E-state index in [1.807, 2.05) is 24.5 Å². The van der Waals surface area contributed by atoms with Crippen LogP contribution in [0.25, 0.3) is 11.4 Å². The van der Waals surface area contributed by atoms with E-state index in [1.54, 1.807) is 6.07 Å². The van der Waals surface area contributed by atoms with E-state index in [-0.39, 0.29) is 5.82 Å². The van der Waals surface area contributed by atoms with Gasteiger partial charge in [-0.2, -0.15) is 0 Å². The molecule has 1 aliphatic carbocycles. The lowest BCUT2D eigenvalue weighted by molar-refractivity contribution is 0.304. The van der Waals surface area contributed by atoms with Gasteiger partial charge < -0.3 is 0 Å². The number of benzene rings is 1. The van der Waals surface area contributed by atoms with Crippen molar-refractivity contribution >= 4 is 0 Å². The second kappa shape index (κ2) is 10.7. The highest BCUT2D eigenvalue weighted by Crippen LogP contribution is 2.37. The van der Waals surface area contributed by atoms with E-state index in [4.69, 9.17) is 0 Å². The number of aromatic nitrogens is 2. The second-order valence-corrected chi connectivity index (χ2v) is 8.46. The van der Waals surface area contributed by atoms with Crippen molar-refractivity contribution in [2.75, 3.05) is 0 Å². The van der Waals surface area contributed by atoms with E-state index in [2.05, 4.69) is 23.8 Å². The molecule has 0 radical (unpaired) electrons. The first kappa shape index (κ1) is 21.0. The van der Waals surface area contributed by atoms with E-state index < -0.39 is 0 Å². The molecule has 0 amide bonds. The Balaban J connectivity index is 1.59. The van der Waals surface area contributed by atoms with Crippen molar-refractivity contribution in [3.8, 4) is 11.4 Å². The molecule has 2 aromatic rings. The number of hydrogen-bond acceptors (Lipinski definition) is 2. The fourth-order valence-corrected chi connectivity index (χ4v) is 4.43. The van der Waals surface area contributed by atoms with Crippen LogP contribution in [0.15, 0.2) is 30.6 Å². The molecule has 1 heterocycles. The topological polar surface area (TPSA) is 25.8 Å². The number of halogens is 1. The summed E-state index contributed by atoms with van der Waals surface area (Å²) in [4.78, 5) is 9.12. The monoisotopic (exact) mass is 382 g/mol. The first-order chi connectivity index (χ1) is 13.7. The fraction of sp³-hybridized carbons (Fsp3) is 0.600. The molecule has 0 unspecified atom stereocenters. The summed E-state index contributed by atoms with van der Waals surface area (Å²) in [5, 5.41) is 0. The van der Waals surface area contributed by atoms with Gasteiger partial charge in [-0.05, 0) is 67.6 Å². The molecular weight excluding hydrogens is 347 g/mol. The molecule has 1 fully saturated rings. The van der Waals surface area contributed by atoms with Crippen LogP contribution in [0.5, 0.6) is 0 Å². The maximum Gasteiger partial charge on any atom is 0.159 e. The van der Waals surface area contributed by atoms with Gasteiger partial charge in [0.15, 0.2) is 5.82 Å². The summed E-state index contributed by atoms with van der Waals surface area (Å²) in [5.74, 6) is 1.99. The van der Waals surface area contributed by atoms with Crippen molar-refractivity contribution < 1.29 is 4.39 Å². The van der Waals surface area contributed by atoms with E-state index >= 15 is 0 Å². The number of hydrogen-bond donors (Lipinski definition) is 0. The van der Waals surface area contributed by atoms with Crippen molar-refractivity contribution in [3.63, 3.8) is 0 Å². The average Bonchev–Trinajstić information content (AvgIpc) is 2.74. The highest BCUT2D eigenvalue weighted by molar-refractivity contribution is 5.55. The third-order valence-corrected chi connectivity index (χ3v) is 6.32. The minimum Gasteiger partial charge on any atom is -0.236 e. The number of rotatable bonds is 9. The molecule has 1 aromatic heterocycles. The Labute approximate surface area is 170 Å². The summed E-state index contributed by atoms with van der Waals surface area (Å²) in [5.41, 5.74) is 2.81. The largest absolute Gasteiger partial charge is 0.236 e. The molecule has 2 nitrogen and oxygen atoms in total. The minimum atomic E-state index is -0.133. The predicted molar refractivity (Wildman–Crippen MR) is 115 cm³/mol. The average molecular weight is 383 g/mol. The van der Waals surface area contributed by atoms with Gasteiger partial charge in [-0.15, -0.1) is 0 Å². The van der Waals surface area contributed by atoms with E-state index in [0.717, 1.165) is 42.7 Å². The van der Waals surface area contributed by atoms with Gasteiger partial charge in [-0.3, -0.25) is 0 Å². The van der Waals surface area contributed by atoms with Gasteiger partial charge >= 0.3 is 0 Å². The van der Waals surface area contributed by atoms with Crippen molar-refractivity contribution in [3.05, 3.63) is 47.5 Å². The van der Waals surface area contributed by atoms with Gasteiger partial charge in [-0.1, -0.05) is 58.1 Å². The molecule has 3 rings (SSSR count). The third-order valence-electron chi connectivity index (χ3n) is 6.32. The zero-order valence-corrected chi connectivity index (χ0v) is 17.6. The molecule has 0 atom stereocenters. The van der Waals surface area contributed by atoms with Gasteiger partial charge in [0.2, 0.25) is 0 Å². The fourth-order valence-electron chi connectivity index (χ4n) is 4.43. The predicted octanol–water partition coefficient (Wildman–Crippen LogP) is 7.48. The zero-order chi connectivity index (χ0) is 19.8. The van der Waals surface area contributed by atoms with Crippen LogP contribution in [-0.2, 0) is 6.42 Å². The SMILES string of the molecule is CCCCCc1ccc(-c2ncc(C3CCC(CCCC)CC3)cn2)cc1F. The molecule has 1 aliphatic rings. The molecule has 0 saturated heterocycles. The summed E-state index contributed by atoms with van der Waals surface area (Å²) in [6.07, 6.45) is 17.3. The van der Waals surface area contributed by atoms with E-state index in [0.29, 0.717) is 11.7 Å². The van der Waals surface area contributed by atoms with Gasteiger partial charge in [0, 0.05) is 18.0 Å². The number of nitrogens with zero attached hydrogens (tertiary/aromatic N) is 2. The molecule has 152 valence electrons. The number of aryl methyl sites for hydroxylation is 1. The van der Waals surface area contributed by atoms with Crippen molar-refractivity contribution in [1.29, 1.82) is 0 Å². The lowest BCUT2D eigenvalue weighted by Crippen LogP contribution is -2.13. The standard InChI is InChI=1S/C25H35FN2/c1-3-5-7-9-21-14-15-22(16-24(21)26)25-27-17-23(18-28-25)20-12-10-19(11-13-20)8-6-4-2/h14-20H,3-13H2,1-2H3. The van der Waals surface area contributed by atoms with Gasteiger partial charge in [0.05, 0.1) is 0 Å². The van der Waals surface area contributed by atoms with E-state index in [9.17, 15) is 4.39 Å². The van der Waals surface area contributed by atoms with E-state index in [1.165, 1.54) is 50.5 Å². The molecule has 1 saturated carbocycles. The van der Waals surface area contributed by atoms with Crippen LogP contribution in [0.4, 0.5) is 4.39 Å².